The van der Waals surface area contributed by atoms with Crippen molar-refractivity contribution in [1.82, 2.24) is 15.3 Å². The molecule has 3 rings (SSSR count). The lowest BCUT2D eigenvalue weighted by Crippen LogP contribution is -2.50. The molecule has 2 unspecified atom stereocenters. The Hall–Kier alpha value is -2.74. The Morgan fingerprint density at radius 2 is 2.16 bits per heavy atom. The Balaban J connectivity index is 1.74. The number of nitrogens with one attached hydrogen (secondary N) is 2. The molecule has 1 fully saturated rings. The van der Waals surface area contributed by atoms with Crippen molar-refractivity contribution in [3.63, 3.8) is 0 Å². The van der Waals surface area contributed by atoms with Gasteiger partial charge in [0.1, 0.15) is 11.9 Å². The minimum absolute atomic E-state index is 0.0438. The first-order chi connectivity index (χ1) is 12.0. The molecular weight excluding hydrogens is 325 g/mol. The average Bonchev–Trinajstić information content (AvgIpc) is 2.61. The zero-order chi connectivity index (χ0) is 17.8. The lowest BCUT2D eigenvalue weighted by Gasteiger charge is -2.35. The van der Waals surface area contributed by atoms with Gasteiger partial charge in [0.2, 0.25) is 5.91 Å². The van der Waals surface area contributed by atoms with Crippen LogP contribution in [-0.4, -0.2) is 35.0 Å². The third-order valence-electron chi connectivity index (χ3n) is 4.30. The molecule has 2 atom stereocenters. The van der Waals surface area contributed by atoms with Crippen LogP contribution in [0.25, 0.3) is 0 Å². The zero-order valence-corrected chi connectivity index (χ0v) is 13.6. The standard InChI is InChI=1S/C17H20FN5O2/c18-12-5-3-11(4-6-12)14(15(19)24)22-13-2-1-9-23(10-13)16-17(25)21-8-7-20-16/h3-8,13-14,22H,1-2,9-10H2,(H2,19,24)(H,21,25). The molecule has 1 aliphatic rings. The van der Waals surface area contributed by atoms with Crippen LogP contribution in [0.5, 0.6) is 0 Å². The third-order valence-corrected chi connectivity index (χ3v) is 4.30. The molecule has 25 heavy (non-hydrogen) atoms. The summed E-state index contributed by atoms with van der Waals surface area (Å²) in [7, 11) is 0. The molecule has 0 spiro atoms. The van der Waals surface area contributed by atoms with Gasteiger partial charge in [-0.05, 0) is 30.5 Å². The maximum absolute atomic E-state index is 13.1. The number of carbonyl (C=O) groups excluding carboxylic acids is 1. The maximum Gasteiger partial charge on any atom is 0.290 e. The fourth-order valence-corrected chi connectivity index (χ4v) is 3.11. The van der Waals surface area contributed by atoms with Crippen molar-refractivity contribution < 1.29 is 9.18 Å². The number of benzene rings is 1. The number of aromatic nitrogens is 2. The molecule has 8 heteroatoms. The number of H-pyrrole nitrogens is 1. The van der Waals surface area contributed by atoms with Gasteiger partial charge in [-0.25, -0.2) is 9.37 Å². The summed E-state index contributed by atoms with van der Waals surface area (Å²) in [5.74, 6) is -0.531. The number of amides is 1. The van der Waals surface area contributed by atoms with Crippen LogP contribution < -0.4 is 21.5 Å². The number of anilines is 1. The molecule has 2 aromatic rings. The topological polar surface area (TPSA) is 104 Å². The van der Waals surface area contributed by atoms with E-state index in [0.29, 0.717) is 17.9 Å². The van der Waals surface area contributed by atoms with E-state index in [0.717, 1.165) is 19.4 Å². The van der Waals surface area contributed by atoms with Crippen molar-refractivity contribution in [1.29, 1.82) is 0 Å². The van der Waals surface area contributed by atoms with E-state index in [1.165, 1.54) is 18.3 Å². The van der Waals surface area contributed by atoms with Crippen molar-refractivity contribution in [2.45, 2.75) is 24.9 Å². The van der Waals surface area contributed by atoms with Crippen LogP contribution in [0, 0.1) is 5.82 Å². The van der Waals surface area contributed by atoms with Crippen LogP contribution in [0.3, 0.4) is 0 Å². The Bertz CT molecular complexity index is 792. The molecule has 0 radical (unpaired) electrons. The molecule has 0 aliphatic carbocycles. The molecule has 0 bridgehead atoms. The highest BCUT2D eigenvalue weighted by Crippen LogP contribution is 2.19. The molecule has 132 valence electrons. The van der Waals surface area contributed by atoms with Gasteiger partial charge < -0.3 is 15.6 Å². The number of rotatable bonds is 5. The fraction of sp³-hybridized carbons (Fsp3) is 0.353. The number of hydrogen-bond donors (Lipinski definition) is 3. The second-order valence-electron chi connectivity index (χ2n) is 6.08. The average molecular weight is 345 g/mol. The summed E-state index contributed by atoms with van der Waals surface area (Å²) in [6, 6.07) is 4.93. The van der Waals surface area contributed by atoms with Gasteiger partial charge in [0.05, 0.1) is 0 Å². The molecule has 2 heterocycles. The highest BCUT2D eigenvalue weighted by Gasteiger charge is 2.27. The van der Waals surface area contributed by atoms with E-state index in [1.54, 1.807) is 18.3 Å². The predicted molar refractivity (Wildman–Crippen MR) is 91.6 cm³/mol. The molecule has 7 nitrogen and oxygen atoms in total. The number of primary amides is 1. The highest BCUT2D eigenvalue weighted by molar-refractivity contribution is 5.81. The van der Waals surface area contributed by atoms with Crippen LogP contribution in [-0.2, 0) is 4.79 Å². The van der Waals surface area contributed by atoms with Gasteiger partial charge in [0.15, 0.2) is 5.82 Å². The van der Waals surface area contributed by atoms with Gasteiger partial charge in [-0.15, -0.1) is 0 Å². The van der Waals surface area contributed by atoms with Gasteiger partial charge in [0, 0.05) is 31.5 Å². The van der Waals surface area contributed by atoms with Crippen LogP contribution in [0.15, 0.2) is 41.5 Å². The molecule has 0 saturated carbocycles. The van der Waals surface area contributed by atoms with E-state index in [9.17, 15) is 14.0 Å². The van der Waals surface area contributed by atoms with Crippen LogP contribution >= 0.6 is 0 Å². The first-order valence-electron chi connectivity index (χ1n) is 8.14. The fourth-order valence-electron chi connectivity index (χ4n) is 3.11. The zero-order valence-electron chi connectivity index (χ0n) is 13.6. The van der Waals surface area contributed by atoms with E-state index in [2.05, 4.69) is 15.3 Å². The highest BCUT2D eigenvalue weighted by atomic mass is 19.1. The Labute approximate surface area is 144 Å². The normalized spacial score (nSPS) is 18.8. The number of piperidine rings is 1. The van der Waals surface area contributed by atoms with Gasteiger partial charge in [0.25, 0.3) is 5.56 Å². The summed E-state index contributed by atoms with van der Waals surface area (Å²) in [5, 5.41) is 3.23. The largest absolute Gasteiger partial charge is 0.368 e. The lowest BCUT2D eigenvalue weighted by atomic mass is 10.0. The van der Waals surface area contributed by atoms with E-state index >= 15 is 0 Å². The van der Waals surface area contributed by atoms with Crippen molar-refractivity contribution in [2.24, 2.45) is 5.73 Å². The molecule has 1 aromatic heterocycles. The SMILES string of the molecule is NC(=O)C(NC1CCCN(c2ncc[nH]c2=O)C1)c1ccc(F)cc1. The number of nitrogens with zero attached hydrogens (tertiary/aromatic N) is 2. The number of nitrogens with two attached hydrogens (primary N) is 1. The maximum atomic E-state index is 13.1. The van der Waals surface area contributed by atoms with Crippen molar-refractivity contribution in [3.05, 3.63) is 58.4 Å². The Morgan fingerprint density at radius 1 is 1.40 bits per heavy atom. The molecule has 1 aliphatic heterocycles. The van der Waals surface area contributed by atoms with E-state index < -0.39 is 11.9 Å². The third kappa shape index (κ3) is 4.03. The first-order valence-corrected chi connectivity index (χ1v) is 8.14. The molecule has 1 saturated heterocycles. The van der Waals surface area contributed by atoms with E-state index in [-0.39, 0.29) is 17.4 Å². The van der Waals surface area contributed by atoms with Crippen LogP contribution in [0.4, 0.5) is 10.2 Å². The lowest BCUT2D eigenvalue weighted by molar-refractivity contribution is -0.120. The van der Waals surface area contributed by atoms with Gasteiger partial charge in [-0.3, -0.25) is 14.9 Å². The first kappa shape index (κ1) is 17.1. The number of hydrogen-bond acceptors (Lipinski definition) is 5. The van der Waals surface area contributed by atoms with E-state index in [1.807, 2.05) is 4.90 Å². The molecule has 1 amide bonds. The summed E-state index contributed by atoms with van der Waals surface area (Å²) in [5.41, 5.74) is 5.89. The summed E-state index contributed by atoms with van der Waals surface area (Å²) >= 11 is 0. The smallest absolute Gasteiger partial charge is 0.290 e. The van der Waals surface area contributed by atoms with Gasteiger partial charge >= 0.3 is 0 Å². The molecule has 1 aromatic carbocycles. The number of aromatic amines is 1. The van der Waals surface area contributed by atoms with Crippen LogP contribution in [0.2, 0.25) is 0 Å². The quantitative estimate of drug-likeness (QED) is 0.740. The molecule has 4 N–H and O–H groups in total. The minimum Gasteiger partial charge on any atom is -0.368 e. The minimum atomic E-state index is -0.715. The van der Waals surface area contributed by atoms with Gasteiger partial charge in [-0.2, -0.15) is 0 Å². The summed E-state index contributed by atoms with van der Waals surface area (Å²) < 4.78 is 13.1. The Morgan fingerprint density at radius 3 is 2.84 bits per heavy atom. The van der Waals surface area contributed by atoms with E-state index in [4.69, 9.17) is 5.73 Å². The predicted octanol–water partition coefficient (Wildman–Crippen LogP) is 0.694. The number of carbonyl (C=O) groups is 1. The Kier molecular flexibility index (Phi) is 5.08. The second kappa shape index (κ2) is 7.43. The second-order valence-corrected chi connectivity index (χ2v) is 6.08. The molecular formula is C17H20FN5O2. The number of halogens is 1. The van der Waals surface area contributed by atoms with Crippen molar-refractivity contribution in [2.75, 3.05) is 18.0 Å². The summed E-state index contributed by atoms with van der Waals surface area (Å²) in [4.78, 5) is 32.4. The van der Waals surface area contributed by atoms with Crippen molar-refractivity contribution in [3.8, 4) is 0 Å². The van der Waals surface area contributed by atoms with Gasteiger partial charge in [-0.1, -0.05) is 12.1 Å². The van der Waals surface area contributed by atoms with Crippen molar-refractivity contribution >= 4 is 11.7 Å². The monoisotopic (exact) mass is 345 g/mol. The summed E-state index contributed by atoms with van der Waals surface area (Å²) in [6.45, 7) is 1.25. The van der Waals surface area contributed by atoms with Crippen LogP contribution in [0.1, 0.15) is 24.4 Å². The summed E-state index contributed by atoms with van der Waals surface area (Å²) in [6.07, 6.45) is 4.72.